The van der Waals surface area contributed by atoms with E-state index in [1.54, 1.807) is 23.1 Å². The first kappa shape index (κ1) is 29.3. The molecule has 2 aromatic carbocycles. The molecule has 1 saturated carbocycles. The zero-order valence-electron chi connectivity index (χ0n) is 22.2. The molecular formula is C27H36N6O6S. The van der Waals surface area contributed by atoms with Gasteiger partial charge in [0.2, 0.25) is 21.8 Å². The fourth-order valence-corrected chi connectivity index (χ4v) is 6.19. The summed E-state index contributed by atoms with van der Waals surface area (Å²) < 4.78 is 29.2. The lowest BCUT2D eigenvalue weighted by atomic mass is 9.98. The van der Waals surface area contributed by atoms with E-state index in [1.807, 2.05) is 12.1 Å². The van der Waals surface area contributed by atoms with Gasteiger partial charge in [0.1, 0.15) is 12.6 Å². The molecule has 0 aromatic heterocycles. The second-order valence-electron chi connectivity index (χ2n) is 10.6. The van der Waals surface area contributed by atoms with E-state index < -0.39 is 46.8 Å². The molecule has 0 bridgehead atoms. The molecule has 2 fully saturated rings. The van der Waals surface area contributed by atoms with E-state index in [4.69, 9.17) is 11.1 Å². The number of nitrogens with one attached hydrogen (secondary N) is 3. The monoisotopic (exact) mass is 572 g/mol. The topological polar surface area (TPSA) is 186 Å². The van der Waals surface area contributed by atoms with E-state index in [0.717, 1.165) is 36.0 Å². The Balaban J connectivity index is 1.51. The lowest BCUT2D eigenvalue weighted by Gasteiger charge is -2.33. The van der Waals surface area contributed by atoms with Gasteiger partial charge in [-0.25, -0.2) is 8.42 Å². The molecule has 12 nitrogen and oxygen atoms in total. The summed E-state index contributed by atoms with van der Waals surface area (Å²) in [6.07, 6.45) is 2.87. The molecule has 2 atom stereocenters. The van der Waals surface area contributed by atoms with Crippen LogP contribution in [0.2, 0.25) is 0 Å². The third-order valence-corrected chi connectivity index (χ3v) is 8.75. The summed E-state index contributed by atoms with van der Waals surface area (Å²) in [5.74, 6) is -2.34. The predicted molar refractivity (Wildman–Crippen MR) is 149 cm³/mol. The first-order valence-corrected chi connectivity index (χ1v) is 14.9. The largest absolute Gasteiger partial charge is 0.480 e. The number of amides is 2. The normalized spacial score (nSPS) is 18.2. The number of carbonyl (C=O) groups excluding carboxylic acids is 2. The Morgan fingerprint density at radius 3 is 2.50 bits per heavy atom. The van der Waals surface area contributed by atoms with Gasteiger partial charge in [0, 0.05) is 26.2 Å². The van der Waals surface area contributed by atoms with Crippen LogP contribution < -0.4 is 15.8 Å². The van der Waals surface area contributed by atoms with E-state index in [9.17, 15) is 27.9 Å². The molecule has 2 aliphatic rings. The van der Waals surface area contributed by atoms with Crippen LogP contribution in [0.4, 0.5) is 0 Å². The van der Waals surface area contributed by atoms with Gasteiger partial charge in [-0.05, 0) is 60.4 Å². The summed E-state index contributed by atoms with van der Waals surface area (Å²) in [7, 11) is -4.24. The lowest BCUT2D eigenvalue weighted by molar-refractivity contribution is -0.145. The number of guanidine groups is 1. The molecule has 13 heteroatoms. The van der Waals surface area contributed by atoms with E-state index in [2.05, 4.69) is 10.0 Å². The number of sulfonamides is 1. The molecule has 1 aliphatic heterocycles. The zero-order chi connectivity index (χ0) is 28.9. The van der Waals surface area contributed by atoms with Gasteiger partial charge in [0.15, 0.2) is 5.96 Å². The summed E-state index contributed by atoms with van der Waals surface area (Å²) in [6, 6.07) is 10.3. The second-order valence-corrected chi connectivity index (χ2v) is 12.3. The molecule has 1 heterocycles. The van der Waals surface area contributed by atoms with Crippen molar-refractivity contribution < 1.29 is 27.9 Å². The van der Waals surface area contributed by atoms with Gasteiger partial charge in [-0.3, -0.25) is 19.8 Å². The molecule has 216 valence electrons. The van der Waals surface area contributed by atoms with E-state index in [-0.39, 0.29) is 35.8 Å². The van der Waals surface area contributed by atoms with Gasteiger partial charge in [-0.15, -0.1) is 0 Å². The van der Waals surface area contributed by atoms with E-state index >= 15 is 0 Å². The van der Waals surface area contributed by atoms with Gasteiger partial charge in [0.25, 0.3) is 0 Å². The van der Waals surface area contributed by atoms with E-state index in [1.165, 1.54) is 12.1 Å². The molecular weight excluding hydrogens is 536 g/mol. The van der Waals surface area contributed by atoms with Gasteiger partial charge < -0.3 is 26.0 Å². The average molecular weight is 573 g/mol. The molecule has 2 amide bonds. The highest BCUT2D eigenvalue weighted by atomic mass is 32.2. The number of hydrogen-bond acceptors (Lipinski definition) is 6. The smallest absolute Gasteiger partial charge is 0.323 e. The Morgan fingerprint density at radius 2 is 1.82 bits per heavy atom. The van der Waals surface area contributed by atoms with E-state index in [0.29, 0.717) is 18.5 Å². The molecule has 6 N–H and O–H groups in total. The minimum atomic E-state index is -4.24. The fraction of sp³-hybridized carbons (Fsp3) is 0.481. The summed E-state index contributed by atoms with van der Waals surface area (Å²) in [5, 5.41) is 21.4. The average Bonchev–Trinajstić information content (AvgIpc) is 3.74. The van der Waals surface area contributed by atoms with Crippen LogP contribution in [0.25, 0.3) is 10.8 Å². The number of carboxylic acids is 1. The van der Waals surface area contributed by atoms with Crippen LogP contribution in [-0.4, -0.2) is 85.8 Å². The van der Waals surface area contributed by atoms with Gasteiger partial charge in [-0.1, -0.05) is 30.3 Å². The van der Waals surface area contributed by atoms with Crippen molar-refractivity contribution in [2.24, 2.45) is 17.6 Å². The molecule has 0 spiro atoms. The predicted octanol–water partition coefficient (Wildman–Crippen LogP) is 0.922. The van der Waals surface area contributed by atoms with Crippen molar-refractivity contribution in [2.75, 3.05) is 32.7 Å². The molecule has 1 unspecified atom stereocenters. The number of piperidine rings is 1. The maximum absolute atomic E-state index is 13.5. The highest BCUT2D eigenvalue weighted by Crippen LogP contribution is 2.30. The number of likely N-dealkylation sites (tertiary alicyclic amines) is 1. The number of rotatable bonds is 12. The van der Waals surface area contributed by atoms with Crippen LogP contribution in [0, 0.1) is 17.2 Å². The van der Waals surface area contributed by atoms with Crippen LogP contribution in [0.3, 0.4) is 0 Å². The summed E-state index contributed by atoms with van der Waals surface area (Å²) in [6.45, 7) is 1.06. The van der Waals surface area contributed by atoms with Crippen molar-refractivity contribution in [2.45, 2.75) is 43.0 Å². The highest BCUT2D eigenvalue weighted by Gasteiger charge is 2.35. The Morgan fingerprint density at radius 1 is 1.10 bits per heavy atom. The second kappa shape index (κ2) is 12.6. The van der Waals surface area contributed by atoms with Crippen LogP contribution in [-0.2, 0) is 24.4 Å². The SMILES string of the molecule is N=C(N)N1CCCC(CNC(=O)C[C@H](NS(=O)(=O)c2ccc3ccccc3c2)C(=O)N(CC(=O)O)CC2CC2)C1. The number of hydrogen-bond donors (Lipinski definition) is 5. The van der Waals surface area contributed by atoms with Gasteiger partial charge in [-0.2, -0.15) is 4.72 Å². The van der Waals surface area contributed by atoms with Crippen molar-refractivity contribution in [3.05, 3.63) is 42.5 Å². The van der Waals surface area contributed by atoms with Crippen molar-refractivity contribution in [3.8, 4) is 0 Å². The third-order valence-electron chi connectivity index (χ3n) is 7.28. The van der Waals surface area contributed by atoms with Crippen molar-refractivity contribution in [1.82, 2.24) is 19.8 Å². The van der Waals surface area contributed by atoms with Crippen LogP contribution in [0.1, 0.15) is 32.1 Å². The summed E-state index contributed by atoms with van der Waals surface area (Å²) in [5.41, 5.74) is 5.60. The molecule has 0 radical (unpaired) electrons. The Kier molecular flexibility index (Phi) is 9.25. The van der Waals surface area contributed by atoms with Crippen molar-refractivity contribution in [3.63, 3.8) is 0 Å². The molecule has 4 rings (SSSR count). The van der Waals surface area contributed by atoms with Crippen LogP contribution in [0.5, 0.6) is 0 Å². The Labute approximate surface area is 233 Å². The summed E-state index contributed by atoms with van der Waals surface area (Å²) in [4.78, 5) is 40.8. The number of carboxylic acid groups (broad SMARTS) is 1. The number of nitrogens with two attached hydrogens (primary N) is 1. The number of carbonyl (C=O) groups is 3. The standard InChI is InChI=1S/C27H36N6O6S/c28-27(29)32-11-3-4-19(16-32)14-30-24(34)13-23(26(37)33(17-25(35)36)15-18-7-8-18)31-40(38,39)22-10-9-20-5-1-2-6-21(20)12-22/h1-2,5-6,9-10,12,18-19,23,31H,3-4,7-8,11,13-17H2,(H3,28,29)(H,30,34)(H,35,36)/t19?,23-/m0/s1. The minimum absolute atomic E-state index is 0.0287. The van der Waals surface area contributed by atoms with Gasteiger partial charge >= 0.3 is 5.97 Å². The number of nitrogens with zero attached hydrogens (tertiary/aromatic N) is 2. The maximum atomic E-state index is 13.5. The minimum Gasteiger partial charge on any atom is -0.480 e. The lowest BCUT2D eigenvalue weighted by Crippen LogP contribution is -2.52. The Bertz CT molecular complexity index is 1380. The van der Waals surface area contributed by atoms with Crippen LogP contribution >= 0.6 is 0 Å². The Hall–Kier alpha value is -3.71. The van der Waals surface area contributed by atoms with Crippen molar-refractivity contribution in [1.29, 1.82) is 5.41 Å². The first-order valence-electron chi connectivity index (χ1n) is 13.4. The molecule has 1 aliphatic carbocycles. The van der Waals surface area contributed by atoms with Gasteiger partial charge in [0.05, 0.1) is 11.3 Å². The third kappa shape index (κ3) is 7.92. The number of fused-ring (bicyclic) bond motifs is 1. The maximum Gasteiger partial charge on any atom is 0.323 e. The van der Waals surface area contributed by atoms with Crippen molar-refractivity contribution >= 4 is 44.5 Å². The highest BCUT2D eigenvalue weighted by molar-refractivity contribution is 7.89. The number of benzene rings is 2. The fourth-order valence-electron chi connectivity index (χ4n) is 4.96. The molecule has 40 heavy (non-hydrogen) atoms. The molecule has 1 saturated heterocycles. The molecule has 2 aromatic rings. The number of aliphatic carboxylic acids is 1. The summed E-state index contributed by atoms with van der Waals surface area (Å²) >= 11 is 0. The zero-order valence-corrected chi connectivity index (χ0v) is 23.0. The first-order chi connectivity index (χ1) is 19.0. The van der Waals surface area contributed by atoms with Crippen LogP contribution in [0.15, 0.2) is 47.4 Å². The quantitative estimate of drug-likeness (QED) is 0.183.